The predicted octanol–water partition coefficient (Wildman–Crippen LogP) is 2.84. The van der Waals surface area contributed by atoms with Gasteiger partial charge in [-0.05, 0) is 36.5 Å². The molecule has 1 aliphatic rings. The molecule has 1 aromatic carbocycles. The van der Waals surface area contributed by atoms with Gasteiger partial charge in [-0.3, -0.25) is 0 Å². The Morgan fingerprint density at radius 1 is 1.40 bits per heavy atom. The van der Waals surface area contributed by atoms with Crippen molar-refractivity contribution in [2.45, 2.75) is 38.8 Å². The van der Waals surface area contributed by atoms with E-state index in [-0.39, 0.29) is 0 Å². The second kappa shape index (κ2) is 4.23. The Bertz CT molecular complexity index is 320. The molecule has 3 atom stereocenters. The van der Waals surface area contributed by atoms with Crippen molar-refractivity contribution in [3.05, 3.63) is 29.8 Å². The van der Waals surface area contributed by atoms with Gasteiger partial charge >= 0.3 is 0 Å². The zero-order chi connectivity index (χ0) is 10.8. The Hall–Kier alpha value is -1.02. The molecule has 82 valence electrons. The van der Waals surface area contributed by atoms with Gasteiger partial charge in [0.25, 0.3) is 0 Å². The van der Waals surface area contributed by atoms with Crippen LogP contribution < -0.4 is 5.32 Å². The van der Waals surface area contributed by atoms with E-state index in [0.717, 1.165) is 12.3 Å². The highest BCUT2D eigenvalue weighted by atomic mass is 16.3. The Labute approximate surface area is 91.3 Å². The third-order valence-corrected chi connectivity index (χ3v) is 3.23. The van der Waals surface area contributed by atoms with Crippen molar-refractivity contribution in [3.8, 4) is 5.75 Å². The van der Waals surface area contributed by atoms with Crippen LogP contribution >= 0.6 is 0 Å². The molecular formula is C13H19NO. The van der Waals surface area contributed by atoms with Crippen molar-refractivity contribution in [3.63, 3.8) is 0 Å². The summed E-state index contributed by atoms with van der Waals surface area (Å²) in [5, 5.41) is 12.9. The lowest BCUT2D eigenvalue weighted by molar-refractivity contribution is 0.472. The van der Waals surface area contributed by atoms with E-state index in [1.165, 1.54) is 12.0 Å². The Kier molecular flexibility index (Phi) is 2.96. The van der Waals surface area contributed by atoms with E-state index in [9.17, 15) is 5.11 Å². The van der Waals surface area contributed by atoms with E-state index in [4.69, 9.17) is 0 Å². The van der Waals surface area contributed by atoms with Crippen LogP contribution in [0.3, 0.4) is 0 Å². The van der Waals surface area contributed by atoms with Crippen molar-refractivity contribution in [1.29, 1.82) is 0 Å². The maximum absolute atomic E-state index is 9.23. The van der Waals surface area contributed by atoms with Crippen LogP contribution in [-0.2, 0) is 0 Å². The maximum Gasteiger partial charge on any atom is 0.115 e. The van der Waals surface area contributed by atoms with E-state index in [1.54, 1.807) is 12.1 Å². The molecule has 0 spiro atoms. The molecule has 3 unspecified atom stereocenters. The van der Waals surface area contributed by atoms with E-state index < -0.39 is 0 Å². The highest BCUT2D eigenvalue weighted by Crippen LogP contribution is 2.32. The van der Waals surface area contributed by atoms with Crippen molar-refractivity contribution in [1.82, 2.24) is 5.32 Å². The van der Waals surface area contributed by atoms with Crippen LogP contribution in [0.25, 0.3) is 0 Å². The normalized spacial score (nSPS) is 26.3. The van der Waals surface area contributed by atoms with Gasteiger partial charge in [0, 0.05) is 12.1 Å². The Morgan fingerprint density at radius 2 is 2.00 bits per heavy atom. The molecule has 0 heterocycles. The quantitative estimate of drug-likeness (QED) is 0.792. The number of phenolic OH excluding ortho intramolecular Hbond substituents is 1. The fourth-order valence-electron chi connectivity index (χ4n) is 1.97. The molecule has 1 fully saturated rings. The molecule has 2 nitrogen and oxygen atoms in total. The topological polar surface area (TPSA) is 32.3 Å². The van der Waals surface area contributed by atoms with Gasteiger partial charge in [0.15, 0.2) is 0 Å². The zero-order valence-electron chi connectivity index (χ0n) is 9.40. The smallest absolute Gasteiger partial charge is 0.115 e. The predicted molar refractivity (Wildman–Crippen MR) is 61.8 cm³/mol. The largest absolute Gasteiger partial charge is 0.508 e. The van der Waals surface area contributed by atoms with E-state index >= 15 is 0 Å². The molecule has 1 aliphatic carbocycles. The third kappa shape index (κ3) is 2.51. The number of benzene rings is 1. The second-order valence-electron chi connectivity index (χ2n) is 4.54. The number of nitrogens with one attached hydrogen (secondary N) is 1. The first-order chi connectivity index (χ1) is 7.20. The molecule has 1 saturated carbocycles. The Balaban J connectivity index is 2.02. The fraction of sp³-hybridized carbons (Fsp3) is 0.538. The number of phenols is 1. The van der Waals surface area contributed by atoms with Crippen molar-refractivity contribution >= 4 is 0 Å². The SMILES string of the molecule is CCC(NC1CC1C)c1ccc(O)cc1. The molecule has 1 aromatic rings. The molecular weight excluding hydrogens is 186 g/mol. The molecule has 0 aliphatic heterocycles. The molecule has 2 N–H and O–H groups in total. The summed E-state index contributed by atoms with van der Waals surface area (Å²) in [6.45, 7) is 4.47. The highest BCUT2D eigenvalue weighted by Gasteiger charge is 2.33. The third-order valence-electron chi connectivity index (χ3n) is 3.23. The first-order valence-electron chi connectivity index (χ1n) is 5.75. The number of rotatable bonds is 4. The lowest BCUT2D eigenvalue weighted by Crippen LogP contribution is -2.23. The van der Waals surface area contributed by atoms with Gasteiger partial charge in [-0.2, -0.15) is 0 Å². The van der Waals surface area contributed by atoms with Crippen LogP contribution in [0.4, 0.5) is 0 Å². The van der Waals surface area contributed by atoms with Crippen LogP contribution in [0.2, 0.25) is 0 Å². The molecule has 15 heavy (non-hydrogen) atoms. The summed E-state index contributed by atoms with van der Waals surface area (Å²) in [7, 11) is 0. The zero-order valence-corrected chi connectivity index (χ0v) is 9.40. The standard InChI is InChI=1S/C13H19NO/c1-3-12(14-13-8-9(13)2)10-4-6-11(15)7-5-10/h4-7,9,12-15H,3,8H2,1-2H3. The average Bonchev–Trinajstić information content (AvgIpc) is 2.92. The summed E-state index contributed by atoms with van der Waals surface area (Å²) in [6, 6.07) is 8.66. The summed E-state index contributed by atoms with van der Waals surface area (Å²) in [5.74, 6) is 1.17. The summed E-state index contributed by atoms with van der Waals surface area (Å²) in [6.07, 6.45) is 2.39. The van der Waals surface area contributed by atoms with Gasteiger partial charge in [0.1, 0.15) is 5.75 Å². The van der Waals surface area contributed by atoms with Crippen LogP contribution in [0, 0.1) is 5.92 Å². The molecule has 0 radical (unpaired) electrons. The van der Waals surface area contributed by atoms with Gasteiger partial charge in [-0.15, -0.1) is 0 Å². The monoisotopic (exact) mass is 205 g/mol. The van der Waals surface area contributed by atoms with Gasteiger partial charge in [0.05, 0.1) is 0 Å². The molecule has 2 heteroatoms. The van der Waals surface area contributed by atoms with Gasteiger partial charge < -0.3 is 10.4 Å². The van der Waals surface area contributed by atoms with Crippen LogP contribution in [-0.4, -0.2) is 11.1 Å². The Morgan fingerprint density at radius 3 is 2.47 bits per heavy atom. The minimum atomic E-state index is 0.341. The van der Waals surface area contributed by atoms with Crippen LogP contribution in [0.5, 0.6) is 5.75 Å². The van der Waals surface area contributed by atoms with Crippen molar-refractivity contribution in [2.24, 2.45) is 5.92 Å². The van der Waals surface area contributed by atoms with Crippen LogP contribution in [0.15, 0.2) is 24.3 Å². The number of hydrogen-bond acceptors (Lipinski definition) is 2. The molecule has 0 saturated heterocycles. The van der Waals surface area contributed by atoms with E-state index in [0.29, 0.717) is 17.8 Å². The summed E-state index contributed by atoms with van der Waals surface area (Å²) in [4.78, 5) is 0. The van der Waals surface area contributed by atoms with Gasteiger partial charge in [-0.1, -0.05) is 26.0 Å². The van der Waals surface area contributed by atoms with E-state index in [1.807, 2.05) is 12.1 Å². The second-order valence-corrected chi connectivity index (χ2v) is 4.54. The molecule has 0 aromatic heterocycles. The number of hydrogen-bond donors (Lipinski definition) is 2. The average molecular weight is 205 g/mol. The lowest BCUT2D eigenvalue weighted by atomic mass is 10.0. The first kappa shape index (κ1) is 10.5. The number of aromatic hydroxyl groups is 1. The molecule has 0 amide bonds. The summed E-state index contributed by atoms with van der Waals surface area (Å²) < 4.78 is 0. The summed E-state index contributed by atoms with van der Waals surface area (Å²) >= 11 is 0. The lowest BCUT2D eigenvalue weighted by Gasteiger charge is -2.17. The molecule has 2 rings (SSSR count). The fourth-order valence-corrected chi connectivity index (χ4v) is 1.97. The van der Waals surface area contributed by atoms with Gasteiger partial charge in [-0.25, -0.2) is 0 Å². The summed E-state index contributed by atoms with van der Waals surface area (Å²) in [5.41, 5.74) is 1.27. The maximum atomic E-state index is 9.23. The molecule has 0 bridgehead atoms. The van der Waals surface area contributed by atoms with E-state index in [2.05, 4.69) is 19.2 Å². The highest BCUT2D eigenvalue weighted by molar-refractivity contribution is 5.28. The minimum absolute atomic E-state index is 0.341. The first-order valence-corrected chi connectivity index (χ1v) is 5.75. The minimum Gasteiger partial charge on any atom is -0.508 e. The van der Waals surface area contributed by atoms with Crippen LogP contribution in [0.1, 0.15) is 38.3 Å². The van der Waals surface area contributed by atoms with Crippen molar-refractivity contribution in [2.75, 3.05) is 0 Å². The van der Waals surface area contributed by atoms with Gasteiger partial charge in [0.2, 0.25) is 0 Å². The van der Waals surface area contributed by atoms with Crippen molar-refractivity contribution < 1.29 is 5.11 Å².